The molecule has 0 atom stereocenters. The predicted molar refractivity (Wildman–Crippen MR) is 89.2 cm³/mol. The van der Waals surface area contributed by atoms with Crippen molar-refractivity contribution in [2.45, 2.75) is 29.5 Å². The summed E-state index contributed by atoms with van der Waals surface area (Å²) in [5.41, 5.74) is 1.09. The number of nitrogens with zero attached hydrogens (tertiary/aromatic N) is 1. The molecule has 1 fully saturated rings. The summed E-state index contributed by atoms with van der Waals surface area (Å²) in [4.78, 5) is 4.38. The van der Waals surface area contributed by atoms with Gasteiger partial charge in [0.05, 0.1) is 6.61 Å². The molecular formula is C18H17F2NOS. The highest BCUT2D eigenvalue weighted by Gasteiger charge is 2.21. The zero-order valence-corrected chi connectivity index (χ0v) is 13.3. The van der Waals surface area contributed by atoms with Gasteiger partial charge in [0.15, 0.2) is 0 Å². The molecule has 1 N–H and O–H groups in total. The first kappa shape index (κ1) is 16.1. The molecule has 2 nitrogen and oxygen atoms in total. The van der Waals surface area contributed by atoms with E-state index in [4.69, 9.17) is 5.11 Å². The number of benzene rings is 1. The molecule has 23 heavy (non-hydrogen) atoms. The quantitative estimate of drug-likeness (QED) is 0.862. The van der Waals surface area contributed by atoms with Crippen LogP contribution in [0.4, 0.5) is 8.78 Å². The number of hydrogen-bond acceptors (Lipinski definition) is 3. The van der Waals surface area contributed by atoms with E-state index in [2.05, 4.69) is 4.98 Å². The molecule has 3 rings (SSSR count). The topological polar surface area (TPSA) is 33.1 Å². The Morgan fingerprint density at radius 1 is 1.26 bits per heavy atom. The fourth-order valence-corrected chi connectivity index (χ4v) is 3.74. The van der Waals surface area contributed by atoms with Gasteiger partial charge < -0.3 is 5.11 Å². The molecule has 1 aliphatic carbocycles. The molecule has 0 aliphatic heterocycles. The van der Waals surface area contributed by atoms with Crippen LogP contribution in [0.2, 0.25) is 0 Å². The van der Waals surface area contributed by atoms with Crippen LogP contribution in [0.15, 0.2) is 41.6 Å². The van der Waals surface area contributed by atoms with Crippen LogP contribution in [0, 0.1) is 11.6 Å². The standard InChI is InChI=1S/C18H17F2NOS/c19-16-10-12(11-17(20)15(16)7-3-9-22)14-6-2-8-21-18(14)23-13-4-1-5-13/h2-3,6-8,10-11,13,22H,1,4-5,9H2/b7-3+. The van der Waals surface area contributed by atoms with Crippen LogP contribution < -0.4 is 0 Å². The Kier molecular flexibility index (Phi) is 5.08. The Morgan fingerprint density at radius 3 is 2.61 bits per heavy atom. The maximum atomic E-state index is 14.2. The molecule has 0 saturated heterocycles. The van der Waals surface area contributed by atoms with Gasteiger partial charge in [0, 0.05) is 22.6 Å². The average Bonchev–Trinajstić information content (AvgIpc) is 2.50. The van der Waals surface area contributed by atoms with Crippen LogP contribution in [-0.2, 0) is 0 Å². The van der Waals surface area contributed by atoms with Crippen LogP contribution in [0.1, 0.15) is 24.8 Å². The Labute approximate surface area is 138 Å². The lowest BCUT2D eigenvalue weighted by atomic mass is 10.00. The summed E-state index contributed by atoms with van der Waals surface area (Å²) in [5.74, 6) is -1.29. The summed E-state index contributed by atoms with van der Waals surface area (Å²) in [7, 11) is 0. The highest BCUT2D eigenvalue weighted by Crippen LogP contribution is 2.40. The Morgan fingerprint density at radius 2 is 2.00 bits per heavy atom. The van der Waals surface area contributed by atoms with E-state index >= 15 is 0 Å². The normalized spacial score (nSPS) is 15.1. The first-order valence-electron chi connectivity index (χ1n) is 7.57. The second-order valence-corrected chi connectivity index (χ2v) is 6.75. The minimum absolute atomic E-state index is 0.139. The van der Waals surface area contributed by atoms with Crippen molar-refractivity contribution in [1.29, 1.82) is 0 Å². The molecule has 1 aromatic carbocycles. The third kappa shape index (κ3) is 3.62. The molecule has 5 heteroatoms. The maximum absolute atomic E-state index is 14.2. The van der Waals surface area contributed by atoms with Crippen LogP contribution in [0.3, 0.4) is 0 Å². The van der Waals surface area contributed by atoms with Gasteiger partial charge in [-0.3, -0.25) is 0 Å². The summed E-state index contributed by atoms with van der Waals surface area (Å²) in [6.07, 6.45) is 7.82. The van der Waals surface area contributed by atoms with E-state index in [0.717, 1.165) is 23.4 Å². The van der Waals surface area contributed by atoms with E-state index in [1.807, 2.05) is 6.07 Å². The Balaban J connectivity index is 1.97. The monoisotopic (exact) mass is 333 g/mol. The lowest BCUT2D eigenvalue weighted by Crippen LogP contribution is -2.13. The molecular weight excluding hydrogens is 316 g/mol. The first-order chi connectivity index (χ1) is 11.2. The van der Waals surface area contributed by atoms with E-state index in [-0.39, 0.29) is 12.2 Å². The van der Waals surface area contributed by atoms with Crippen molar-refractivity contribution in [1.82, 2.24) is 4.98 Å². The predicted octanol–water partition coefficient (Wildman–Crippen LogP) is 4.68. The fourth-order valence-electron chi connectivity index (χ4n) is 2.42. The van der Waals surface area contributed by atoms with Gasteiger partial charge in [0.25, 0.3) is 0 Å². The highest BCUT2D eigenvalue weighted by atomic mass is 32.2. The number of aromatic nitrogens is 1. The second kappa shape index (κ2) is 7.23. The summed E-state index contributed by atoms with van der Waals surface area (Å²) < 4.78 is 28.4. The van der Waals surface area contributed by atoms with Crippen molar-refractivity contribution >= 4 is 17.8 Å². The molecule has 1 aromatic heterocycles. The van der Waals surface area contributed by atoms with Gasteiger partial charge in [-0.1, -0.05) is 24.6 Å². The minimum atomic E-state index is -0.645. The van der Waals surface area contributed by atoms with Crippen molar-refractivity contribution in [2.75, 3.05) is 6.61 Å². The van der Waals surface area contributed by atoms with Crippen LogP contribution >= 0.6 is 11.8 Å². The molecule has 0 spiro atoms. The van der Waals surface area contributed by atoms with Crippen molar-refractivity contribution in [3.8, 4) is 11.1 Å². The van der Waals surface area contributed by atoms with Gasteiger partial charge in [-0.15, -0.1) is 11.8 Å². The third-order valence-corrected chi connectivity index (χ3v) is 5.23. The summed E-state index contributed by atoms with van der Waals surface area (Å²) in [6, 6.07) is 6.25. The van der Waals surface area contributed by atoms with Crippen molar-refractivity contribution < 1.29 is 13.9 Å². The first-order valence-corrected chi connectivity index (χ1v) is 8.45. The van der Waals surface area contributed by atoms with Gasteiger partial charge in [-0.05, 0) is 36.6 Å². The van der Waals surface area contributed by atoms with Crippen molar-refractivity contribution in [3.63, 3.8) is 0 Å². The number of thioether (sulfide) groups is 1. The van der Waals surface area contributed by atoms with Gasteiger partial charge in [0.2, 0.25) is 0 Å². The number of halogens is 2. The van der Waals surface area contributed by atoms with Crippen molar-refractivity contribution in [2.24, 2.45) is 0 Å². The number of rotatable bonds is 5. The Hall–Kier alpha value is -1.72. The van der Waals surface area contributed by atoms with E-state index < -0.39 is 11.6 Å². The molecule has 0 bridgehead atoms. The molecule has 0 radical (unpaired) electrons. The van der Waals surface area contributed by atoms with Gasteiger partial charge >= 0.3 is 0 Å². The Bertz CT molecular complexity index is 706. The number of aliphatic hydroxyl groups excluding tert-OH is 1. The molecule has 2 aromatic rings. The lowest BCUT2D eigenvalue weighted by molar-refractivity contribution is 0.343. The summed E-state index contributed by atoms with van der Waals surface area (Å²) >= 11 is 1.68. The number of pyridine rings is 1. The van der Waals surface area contributed by atoms with Gasteiger partial charge in [0.1, 0.15) is 16.7 Å². The van der Waals surface area contributed by atoms with Gasteiger partial charge in [-0.2, -0.15) is 0 Å². The second-order valence-electron chi connectivity index (χ2n) is 5.47. The van der Waals surface area contributed by atoms with Crippen LogP contribution in [0.5, 0.6) is 0 Å². The van der Waals surface area contributed by atoms with Crippen molar-refractivity contribution in [3.05, 3.63) is 53.7 Å². The molecule has 1 saturated carbocycles. The zero-order chi connectivity index (χ0) is 16.2. The lowest BCUT2D eigenvalue weighted by Gasteiger charge is -2.25. The largest absolute Gasteiger partial charge is 0.392 e. The SMILES string of the molecule is OC/C=C/c1c(F)cc(-c2cccnc2SC2CCC2)cc1F. The molecule has 0 unspecified atom stereocenters. The minimum Gasteiger partial charge on any atom is -0.392 e. The molecule has 120 valence electrons. The fraction of sp³-hybridized carbons (Fsp3) is 0.278. The van der Waals surface area contributed by atoms with E-state index in [1.54, 1.807) is 24.0 Å². The average molecular weight is 333 g/mol. The molecule has 0 amide bonds. The molecule has 1 heterocycles. The van der Waals surface area contributed by atoms with Gasteiger partial charge in [-0.25, -0.2) is 13.8 Å². The maximum Gasteiger partial charge on any atom is 0.133 e. The van der Waals surface area contributed by atoms with Crippen LogP contribution in [0.25, 0.3) is 17.2 Å². The van der Waals surface area contributed by atoms with E-state index in [1.165, 1.54) is 30.7 Å². The summed E-state index contributed by atoms with van der Waals surface area (Å²) in [5, 5.41) is 10.1. The number of hydrogen-bond donors (Lipinski definition) is 1. The molecule has 1 aliphatic rings. The summed E-state index contributed by atoms with van der Waals surface area (Å²) in [6.45, 7) is -0.259. The zero-order valence-electron chi connectivity index (χ0n) is 12.5. The number of aliphatic hydroxyl groups is 1. The van der Waals surface area contributed by atoms with E-state index in [9.17, 15) is 8.78 Å². The smallest absolute Gasteiger partial charge is 0.133 e. The van der Waals surface area contributed by atoms with E-state index in [0.29, 0.717) is 10.8 Å². The third-order valence-electron chi connectivity index (χ3n) is 3.88. The highest BCUT2D eigenvalue weighted by molar-refractivity contribution is 8.00. The van der Waals surface area contributed by atoms with Crippen LogP contribution in [-0.4, -0.2) is 21.9 Å².